The van der Waals surface area contributed by atoms with Gasteiger partial charge in [0.25, 0.3) is 5.91 Å². The Hall–Kier alpha value is -1.90. The van der Waals surface area contributed by atoms with Gasteiger partial charge >= 0.3 is 0 Å². The van der Waals surface area contributed by atoms with Crippen molar-refractivity contribution in [2.24, 2.45) is 0 Å². The van der Waals surface area contributed by atoms with Crippen molar-refractivity contribution >= 4 is 37.5 Å². The normalized spacial score (nSPS) is 11.0. The molecule has 0 radical (unpaired) electrons. The molecule has 2 aromatic carbocycles. The molecule has 0 aliphatic heterocycles. The van der Waals surface area contributed by atoms with Gasteiger partial charge in [0, 0.05) is 10.2 Å². The van der Waals surface area contributed by atoms with Gasteiger partial charge in [0.2, 0.25) is 10.0 Å². The predicted molar refractivity (Wildman–Crippen MR) is 91.0 cm³/mol. The van der Waals surface area contributed by atoms with Gasteiger partial charge in [-0.3, -0.25) is 4.79 Å². The van der Waals surface area contributed by atoms with Crippen molar-refractivity contribution in [1.29, 1.82) is 0 Å². The van der Waals surface area contributed by atoms with Crippen LogP contribution in [0.1, 0.15) is 0 Å². The van der Waals surface area contributed by atoms with Gasteiger partial charge in [-0.25, -0.2) is 13.1 Å². The Morgan fingerprint density at radius 3 is 2.48 bits per heavy atom. The van der Waals surface area contributed by atoms with Crippen LogP contribution in [-0.4, -0.2) is 28.0 Å². The fraction of sp³-hybridized carbons (Fsp3) is 0.133. The van der Waals surface area contributed by atoms with Gasteiger partial charge in [0.1, 0.15) is 5.75 Å². The van der Waals surface area contributed by atoms with E-state index in [-0.39, 0.29) is 17.4 Å². The van der Waals surface area contributed by atoms with Gasteiger partial charge in [-0.15, -0.1) is 0 Å². The average Bonchev–Trinajstić information content (AvgIpc) is 2.53. The number of halogens is 1. The van der Waals surface area contributed by atoms with Crippen LogP contribution in [0.4, 0.5) is 5.69 Å². The molecule has 23 heavy (non-hydrogen) atoms. The molecule has 2 rings (SSSR count). The maximum Gasteiger partial charge on any atom is 0.262 e. The van der Waals surface area contributed by atoms with Crippen molar-refractivity contribution in [3.63, 3.8) is 0 Å². The Morgan fingerprint density at radius 2 is 1.87 bits per heavy atom. The molecular weight excluding hydrogens is 384 g/mol. The summed E-state index contributed by atoms with van der Waals surface area (Å²) in [5.41, 5.74) is 0.489. The molecule has 0 heterocycles. The minimum Gasteiger partial charge on any atom is -0.484 e. The van der Waals surface area contributed by atoms with E-state index in [1.165, 1.54) is 31.3 Å². The van der Waals surface area contributed by atoms with Crippen molar-refractivity contribution in [2.75, 3.05) is 19.0 Å². The fourth-order valence-corrected chi connectivity index (χ4v) is 2.85. The maximum absolute atomic E-state index is 11.8. The first-order chi connectivity index (χ1) is 10.9. The highest BCUT2D eigenvalue weighted by Gasteiger charge is 2.11. The summed E-state index contributed by atoms with van der Waals surface area (Å²) >= 11 is 3.32. The number of hydrogen-bond donors (Lipinski definition) is 2. The van der Waals surface area contributed by atoms with Crippen LogP contribution in [0.2, 0.25) is 0 Å². The van der Waals surface area contributed by atoms with Crippen molar-refractivity contribution < 1.29 is 17.9 Å². The van der Waals surface area contributed by atoms with E-state index in [0.29, 0.717) is 11.4 Å². The van der Waals surface area contributed by atoms with E-state index in [1.807, 2.05) is 6.07 Å². The zero-order valence-corrected chi connectivity index (χ0v) is 14.6. The molecule has 0 saturated heterocycles. The smallest absolute Gasteiger partial charge is 0.262 e. The molecular formula is C15H15BrN2O4S. The lowest BCUT2D eigenvalue weighted by Gasteiger charge is -2.08. The topological polar surface area (TPSA) is 84.5 Å². The summed E-state index contributed by atoms with van der Waals surface area (Å²) in [6, 6.07) is 13.0. The second kappa shape index (κ2) is 7.58. The molecule has 2 N–H and O–H groups in total. The first kappa shape index (κ1) is 17.5. The van der Waals surface area contributed by atoms with Crippen molar-refractivity contribution in [1.82, 2.24) is 4.72 Å². The molecule has 0 atom stereocenters. The number of nitrogens with one attached hydrogen (secondary N) is 2. The standard InChI is InChI=1S/C15H15BrN2O4S/c1-17-23(20,21)14-7-5-12(6-8-14)18-15(19)10-22-13-4-2-3-11(16)9-13/h2-9,17H,10H2,1H3,(H,18,19). The number of sulfonamides is 1. The summed E-state index contributed by atoms with van der Waals surface area (Å²) in [4.78, 5) is 12.0. The predicted octanol–water partition coefficient (Wildman–Crippen LogP) is 2.37. The van der Waals surface area contributed by atoms with Gasteiger partial charge < -0.3 is 10.1 Å². The molecule has 0 aliphatic rings. The van der Waals surface area contributed by atoms with Gasteiger partial charge in [-0.05, 0) is 49.5 Å². The summed E-state index contributed by atoms with van der Waals surface area (Å²) in [5, 5.41) is 2.63. The maximum atomic E-state index is 11.8. The molecule has 1 amide bonds. The Kier molecular flexibility index (Phi) is 5.75. The highest BCUT2D eigenvalue weighted by molar-refractivity contribution is 9.10. The first-order valence-electron chi connectivity index (χ1n) is 6.62. The fourth-order valence-electron chi connectivity index (χ4n) is 1.74. The molecule has 0 bridgehead atoms. The number of carbonyl (C=O) groups is 1. The molecule has 0 spiro atoms. The summed E-state index contributed by atoms with van der Waals surface area (Å²) in [6.45, 7) is -0.146. The molecule has 0 unspecified atom stereocenters. The lowest BCUT2D eigenvalue weighted by atomic mass is 10.3. The van der Waals surface area contributed by atoms with Crippen molar-refractivity contribution in [3.8, 4) is 5.75 Å². The van der Waals surface area contributed by atoms with Crippen LogP contribution in [0.5, 0.6) is 5.75 Å². The zero-order chi connectivity index (χ0) is 16.9. The SMILES string of the molecule is CNS(=O)(=O)c1ccc(NC(=O)COc2cccc(Br)c2)cc1. The van der Waals surface area contributed by atoms with Gasteiger partial charge in [-0.1, -0.05) is 22.0 Å². The number of carbonyl (C=O) groups excluding carboxylic acids is 1. The molecule has 0 fully saturated rings. The van der Waals surface area contributed by atoms with E-state index in [4.69, 9.17) is 4.74 Å². The average molecular weight is 399 g/mol. The van der Waals surface area contributed by atoms with E-state index in [2.05, 4.69) is 26.0 Å². The van der Waals surface area contributed by atoms with Crippen molar-refractivity contribution in [3.05, 3.63) is 53.0 Å². The highest BCUT2D eigenvalue weighted by atomic mass is 79.9. The van der Waals surface area contributed by atoms with E-state index in [9.17, 15) is 13.2 Å². The van der Waals surface area contributed by atoms with E-state index < -0.39 is 10.0 Å². The van der Waals surface area contributed by atoms with Crippen LogP contribution in [0.15, 0.2) is 57.9 Å². The number of amides is 1. The van der Waals surface area contributed by atoms with Gasteiger partial charge in [0.15, 0.2) is 6.61 Å². The quantitative estimate of drug-likeness (QED) is 0.781. The molecule has 6 nitrogen and oxygen atoms in total. The number of rotatable bonds is 6. The van der Waals surface area contributed by atoms with Crippen LogP contribution in [-0.2, 0) is 14.8 Å². The van der Waals surface area contributed by atoms with Crippen LogP contribution in [0, 0.1) is 0 Å². The monoisotopic (exact) mass is 398 g/mol. The number of anilines is 1. The Morgan fingerprint density at radius 1 is 1.17 bits per heavy atom. The van der Waals surface area contributed by atoms with Crippen LogP contribution in [0.25, 0.3) is 0 Å². The summed E-state index contributed by atoms with van der Waals surface area (Å²) in [5.74, 6) is 0.235. The van der Waals surface area contributed by atoms with Crippen LogP contribution >= 0.6 is 15.9 Å². The molecule has 122 valence electrons. The molecule has 0 aromatic heterocycles. The van der Waals surface area contributed by atoms with E-state index >= 15 is 0 Å². The second-order valence-corrected chi connectivity index (χ2v) is 7.33. The summed E-state index contributed by atoms with van der Waals surface area (Å²) in [7, 11) is -2.15. The Labute approximate surface area is 143 Å². The van der Waals surface area contributed by atoms with Crippen LogP contribution in [0.3, 0.4) is 0 Å². The lowest BCUT2D eigenvalue weighted by Crippen LogP contribution is -2.20. The zero-order valence-electron chi connectivity index (χ0n) is 12.2. The van der Waals surface area contributed by atoms with E-state index in [0.717, 1.165) is 4.47 Å². The molecule has 0 aliphatic carbocycles. The second-order valence-electron chi connectivity index (χ2n) is 4.53. The van der Waals surface area contributed by atoms with Crippen LogP contribution < -0.4 is 14.8 Å². The third-order valence-electron chi connectivity index (χ3n) is 2.88. The number of benzene rings is 2. The minimum absolute atomic E-state index is 0.128. The lowest BCUT2D eigenvalue weighted by molar-refractivity contribution is -0.118. The first-order valence-corrected chi connectivity index (χ1v) is 8.90. The summed E-state index contributed by atoms with van der Waals surface area (Å²) in [6.07, 6.45) is 0. The third-order valence-corrected chi connectivity index (χ3v) is 4.81. The van der Waals surface area contributed by atoms with Gasteiger partial charge in [-0.2, -0.15) is 0 Å². The third kappa shape index (κ3) is 5.05. The largest absolute Gasteiger partial charge is 0.484 e. The Bertz CT molecular complexity index is 791. The number of ether oxygens (including phenoxy) is 1. The number of hydrogen-bond acceptors (Lipinski definition) is 4. The van der Waals surface area contributed by atoms with Gasteiger partial charge in [0.05, 0.1) is 4.90 Å². The highest BCUT2D eigenvalue weighted by Crippen LogP contribution is 2.18. The molecule has 2 aromatic rings. The minimum atomic E-state index is -3.49. The van der Waals surface area contributed by atoms with E-state index in [1.54, 1.807) is 18.2 Å². The summed E-state index contributed by atoms with van der Waals surface area (Å²) < 4.78 is 31.6. The Balaban J connectivity index is 1.93. The molecule has 8 heteroatoms. The van der Waals surface area contributed by atoms with Crippen molar-refractivity contribution in [2.45, 2.75) is 4.90 Å². The molecule has 0 saturated carbocycles.